The molecule has 2 N–H and O–H groups in total. The molecule has 0 bridgehead atoms. The fourth-order valence-electron chi connectivity index (χ4n) is 2.72. The molecule has 3 rings (SSSR count). The molecule has 1 atom stereocenters. The number of anilines is 1. The van der Waals surface area contributed by atoms with Gasteiger partial charge < -0.3 is 15.2 Å². The summed E-state index contributed by atoms with van der Waals surface area (Å²) >= 11 is 0. The summed E-state index contributed by atoms with van der Waals surface area (Å²) in [4.78, 5) is 12.0. The quantitative estimate of drug-likeness (QED) is 0.880. The van der Waals surface area contributed by atoms with Gasteiger partial charge in [-0.2, -0.15) is 0 Å². The number of aromatic nitrogens is 1. The first kappa shape index (κ1) is 12.2. The van der Waals surface area contributed by atoms with Gasteiger partial charge in [0.15, 0.2) is 0 Å². The maximum Gasteiger partial charge on any atom is 0.252 e. The van der Waals surface area contributed by atoms with E-state index in [9.17, 15) is 4.79 Å². The highest BCUT2D eigenvalue weighted by Gasteiger charge is 2.14. The largest absolute Gasteiger partial charge is 0.383 e. The molecule has 1 aromatic heterocycles. The van der Waals surface area contributed by atoms with Gasteiger partial charge in [0.2, 0.25) is 0 Å². The van der Waals surface area contributed by atoms with Crippen LogP contribution in [-0.2, 0) is 7.05 Å². The Kier molecular flexibility index (Phi) is 3.25. The molecule has 1 aliphatic heterocycles. The molecule has 4 nitrogen and oxygen atoms in total. The third kappa shape index (κ3) is 2.36. The lowest BCUT2D eigenvalue weighted by Gasteiger charge is -2.15. The Morgan fingerprint density at radius 3 is 3.05 bits per heavy atom. The highest BCUT2D eigenvalue weighted by molar-refractivity contribution is 5.91. The minimum absolute atomic E-state index is 0.0283. The molecule has 0 saturated carbocycles. The first-order valence-electron chi connectivity index (χ1n) is 6.82. The van der Waals surface area contributed by atoms with Crippen LogP contribution in [-0.4, -0.2) is 23.7 Å². The minimum atomic E-state index is 0.0283. The van der Waals surface area contributed by atoms with Gasteiger partial charge in [0.05, 0.1) is 5.52 Å². The maximum absolute atomic E-state index is 12.0. The highest BCUT2D eigenvalue weighted by atomic mass is 16.1. The van der Waals surface area contributed by atoms with Gasteiger partial charge in [-0.3, -0.25) is 4.79 Å². The molecule has 1 unspecified atom stereocenters. The van der Waals surface area contributed by atoms with Crippen LogP contribution >= 0.6 is 0 Å². The van der Waals surface area contributed by atoms with Crippen molar-refractivity contribution < 1.29 is 0 Å². The number of pyridine rings is 1. The summed E-state index contributed by atoms with van der Waals surface area (Å²) in [5.74, 6) is 0. The van der Waals surface area contributed by atoms with Crippen LogP contribution in [0.15, 0.2) is 35.1 Å². The fourth-order valence-corrected chi connectivity index (χ4v) is 2.72. The number of benzene rings is 1. The zero-order valence-electron chi connectivity index (χ0n) is 11.1. The maximum atomic E-state index is 12.0. The van der Waals surface area contributed by atoms with Gasteiger partial charge in [-0.15, -0.1) is 0 Å². The van der Waals surface area contributed by atoms with E-state index in [0.717, 1.165) is 29.7 Å². The number of rotatable bonds is 3. The van der Waals surface area contributed by atoms with Crippen molar-refractivity contribution in [1.82, 2.24) is 9.88 Å². The summed E-state index contributed by atoms with van der Waals surface area (Å²) < 4.78 is 1.69. The van der Waals surface area contributed by atoms with E-state index in [2.05, 4.69) is 16.7 Å². The summed E-state index contributed by atoms with van der Waals surface area (Å²) in [5, 5.41) is 7.98. The lowest BCUT2D eigenvalue weighted by Crippen LogP contribution is -2.30. The fraction of sp³-hybridized carbons (Fsp3) is 0.400. The van der Waals surface area contributed by atoms with Crippen LogP contribution in [0, 0.1) is 0 Å². The van der Waals surface area contributed by atoms with Crippen molar-refractivity contribution in [1.29, 1.82) is 0 Å². The molecule has 1 aromatic carbocycles. The van der Waals surface area contributed by atoms with Crippen molar-refractivity contribution in [3.05, 3.63) is 40.7 Å². The molecule has 0 amide bonds. The van der Waals surface area contributed by atoms with Gasteiger partial charge in [-0.05, 0) is 25.5 Å². The smallest absolute Gasteiger partial charge is 0.252 e. The van der Waals surface area contributed by atoms with Crippen LogP contribution in [0.1, 0.15) is 12.8 Å². The molecule has 0 spiro atoms. The molecule has 100 valence electrons. The Bertz CT molecular complexity index is 641. The summed E-state index contributed by atoms with van der Waals surface area (Å²) in [6.45, 7) is 1.97. The van der Waals surface area contributed by atoms with Crippen molar-refractivity contribution in [2.45, 2.75) is 18.9 Å². The van der Waals surface area contributed by atoms with Gasteiger partial charge in [0.1, 0.15) is 0 Å². The molecule has 0 radical (unpaired) electrons. The van der Waals surface area contributed by atoms with Crippen LogP contribution in [0.5, 0.6) is 0 Å². The third-order valence-corrected chi connectivity index (χ3v) is 3.86. The minimum Gasteiger partial charge on any atom is -0.383 e. The zero-order valence-corrected chi connectivity index (χ0v) is 11.1. The van der Waals surface area contributed by atoms with E-state index in [1.807, 2.05) is 25.2 Å². The second-order valence-electron chi connectivity index (χ2n) is 5.15. The van der Waals surface area contributed by atoms with Crippen LogP contribution in [0.3, 0.4) is 0 Å². The van der Waals surface area contributed by atoms with Crippen molar-refractivity contribution in [3.63, 3.8) is 0 Å². The standard InChI is InChI=1S/C15H19N3O/c1-18-14-7-3-2-6-12(14)13(9-15(18)19)17-10-11-5-4-8-16-11/h2-3,6-7,9,11,16-17H,4-5,8,10H2,1H3. The van der Waals surface area contributed by atoms with Crippen LogP contribution in [0.2, 0.25) is 0 Å². The Hall–Kier alpha value is -1.81. The average Bonchev–Trinajstić information content (AvgIpc) is 2.95. The van der Waals surface area contributed by atoms with Crippen molar-refractivity contribution in [3.8, 4) is 0 Å². The number of hydrogen-bond donors (Lipinski definition) is 2. The van der Waals surface area contributed by atoms with Crippen LogP contribution in [0.25, 0.3) is 10.9 Å². The third-order valence-electron chi connectivity index (χ3n) is 3.86. The van der Waals surface area contributed by atoms with Crippen molar-refractivity contribution in [2.24, 2.45) is 7.05 Å². The van der Waals surface area contributed by atoms with Crippen LogP contribution < -0.4 is 16.2 Å². The summed E-state index contributed by atoms with van der Waals surface area (Å²) in [6, 6.07) is 10.2. The molecule has 19 heavy (non-hydrogen) atoms. The number of aryl methyl sites for hydroxylation is 1. The topological polar surface area (TPSA) is 46.1 Å². The molecule has 1 aliphatic rings. The number of para-hydroxylation sites is 1. The van der Waals surface area contributed by atoms with E-state index in [-0.39, 0.29) is 5.56 Å². The van der Waals surface area contributed by atoms with E-state index in [4.69, 9.17) is 0 Å². The lowest BCUT2D eigenvalue weighted by atomic mass is 10.1. The van der Waals surface area contributed by atoms with Crippen molar-refractivity contribution in [2.75, 3.05) is 18.4 Å². The predicted octanol–water partition coefficient (Wildman–Crippen LogP) is 1.70. The Labute approximate surface area is 112 Å². The van der Waals surface area contributed by atoms with E-state index < -0.39 is 0 Å². The zero-order chi connectivity index (χ0) is 13.2. The van der Waals surface area contributed by atoms with Crippen LogP contribution in [0.4, 0.5) is 5.69 Å². The first-order chi connectivity index (χ1) is 9.25. The Balaban J connectivity index is 1.94. The molecular weight excluding hydrogens is 238 g/mol. The monoisotopic (exact) mass is 257 g/mol. The molecule has 2 aromatic rings. The van der Waals surface area contributed by atoms with Gasteiger partial charge in [-0.25, -0.2) is 0 Å². The Morgan fingerprint density at radius 2 is 2.26 bits per heavy atom. The number of nitrogens with zero attached hydrogens (tertiary/aromatic N) is 1. The SMILES string of the molecule is Cn1c(=O)cc(NCC2CCCN2)c2ccccc21. The van der Waals surface area contributed by atoms with Gasteiger partial charge in [0, 0.05) is 36.8 Å². The molecule has 2 heterocycles. The van der Waals surface area contributed by atoms with Crippen molar-refractivity contribution >= 4 is 16.6 Å². The number of fused-ring (bicyclic) bond motifs is 1. The average molecular weight is 257 g/mol. The molecule has 0 aliphatic carbocycles. The number of hydrogen-bond acceptors (Lipinski definition) is 3. The van der Waals surface area contributed by atoms with E-state index >= 15 is 0 Å². The molecule has 4 heteroatoms. The van der Waals surface area contributed by atoms with Gasteiger partial charge >= 0.3 is 0 Å². The summed E-state index contributed by atoms with van der Waals surface area (Å²) in [6.07, 6.45) is 2.44. The Morgan fingerprint density at radius 1 is 1.42 bits per heavy atom. The second kappa shape index (κ2) is 5.05. The normalized spacial score (nSPS) is 18.9. The highest BCUT2D eigenvalue weighted by Crippen LogP contribution is 2.21. The lowest BCUT2D eigenvalue weighted by molar-refractivity contribution is 0.634. The molecular formula is C15H19N3O. The van der Waals surface area contributed by atoms with E-state index in [1.165, 1.54) is 12.8 Å². The van der Waals surface area contributed by atoms with Gasteiger partial charge in [-0.1, -0.05) is 18.2 Å². The van der Waals surface area contributed by atoms with E-state index in [0.29, 0.717) is 6.04 Å². The predicted molar refractivity (Wildman–Crippen MR) is 78.7 cm³/mol. The number of nitrogens with one attached hydrogen (secondary N) is 2. The second-order valence-corrected chi connectivity index (χ2v) is 5.15. The molecule has 1 saturated heterocycles. The molecule has 1 fully saturated rings. The van der Waals surface area contributed by atoms with E-state index in [1.54, 1.807) is 10.6 Å². The summed E-state index contributed by atoms with van der Waals surface area (Å²) in [7, 11) is 1.81. The van der Waals surface area contributed by atoms with Gasteiger partial charge in [0.25, 0.3) is 5.56 Å². The first-order valence-corrected chi connectivity index (χ1v) is 6.82. The summed E-state index contributed by atoms with van der Waals surface area (Å²) in [5.41, 5.74) is 1.94.